The molecule has 0 radical (unpaired) electrons. The van der Waals surface area contributed by atoms with Gasteiger partial charge in [-0.1, -0.05) is 13.8 Å². The molecule has 3 rings (SSSR count). The van der Waals surface area contributed by atoms with Gasteiger partial charge in [0, 0.05) is 25.6 Å². The lowest BCUT2D eigenvalue weighted by atomic mass is 9.93. The molecule has 16 heavy (non-hydrogen) atoms. The van der Waals surface area contributed by atoms with Crippen molar-refractivity contribution in [1.82, 2.24) is 10.2 Å². The number of nitrogens with zero attached hydrogens (tertiary/aromatic N) is 1. The van der Waals surface area contributed by atoms with Crippen LogP contribution in [0, 0.1) is 0 Å². The van der Waals surface area contributed by atoms with E-state index < -0.39 is 0 Å². The maximum atomic E-state index is 9.93. The molecule has 2 bridgehead atoms. The molecule has 0 aliphatic carbocycles. The first-order valence-corrected chi connectivity index (χ1v) is 6.19. The van der Waals surface area contributed by atoms with Crippen molar-refractivity contribution in [2.24, 2.45) is 0 Å². The van der Waals surface area contributed by atoms with Crippen LogP contribution < -0.4 is 5.32 Å². The summed E-state index contributed by atoms with van der Waals surface area (Å²) in [6.07, 6.45) is 1.37. The summed E-state index contributed by atoms with van der Waals surface area (Å²) in [5, 5.41) is 2.57. The summed E-state index contributed by atoms with van der Waals surface area (Å²) in [6.45, 7) is 10.1. The molecule has 0 aromatic rings. The molecule has 0 aromatic heterocycles. The van der Waals surface area contributed by atoms with E-state index in [4.69, 9.17) is 4.74 Å². The van der Waals surface area contributed by atoms with Crippen molar-refractivity contribution in [2.75, 3.05) is 26.8 Å². The molecule has 4 nitrogen and oxygen atoms in total. The summed E-state index contributed by atoms with van der Waals surface area (Å²) in [7, 11) is 2.18. The number of hydrogen-bond acceptors (Lipinski definition) is 3. The number of amides is 1. The number of fused-ring (bicyclic) bond motifs is 2. The summed E-state index contributed by atoms with van der Waals surface area (Å²) >= 11 is 0. The van der Waals surface area contributed by atoms with Crippen molar-refractivity contribution in [3.05, 3.63) is 0 Å². The van der Waals surface area contributed by atoms with Gasteiger partial charge in [0.15, 0.2) is 0 Å². The average molecular weight is 230 g/mol. The number of carbonyl (C=O) groups excluding carboxylic acids is 1. The normalized spacial score (nSPS) is 26.3. The Morgan fingerprint density at radius 3 is 2.00 bits per heavy atom. The number of hydrogen-bond donors (Lipinski definition) is 1. The molecule has 96 valence electrons. The van der Waals surface area contributed by atoms with E-state index in [-0.39, 0.29) is 5.91 Å². The molecule has 3 saturated heterocycles. The van der Waals surface area contributed by atoms with Gasteiger partial charge in [-0.05, 0) is 20.4 Å². The molecule has 0 saturated carbocycles. The molecule has 0 aromatic carbocycles. The quantitative estimate of drug-likeness (QED) is 0.737. The zero-order valence-corrected chi connectivity index (χ0v) is 11.2. The molecule has 1 amide bonds. The van der Waals surface area contributed by atoms with E-state index in [2.05, 4.69) is 17.3 Å². The fourth-order valence-corrected chi connectivity index (χ4v) is 1.77. The van der Waals surface area contributed by atoms with Crippen LogP contribution in [0.2, 0.25) is 0 Å². The van der Waals surface area contributed by atoms with Gasteiger partial charge in [0.2, 0.25) is 5.91 Å². The Hall–Kier alpha value is -0.610. The Labute approximate surface area is 99.3 Å². The molecule has 1 N–H and O–H groups in total. The number of nitrogens with one attached hydrogen (secondary N) is 1. The lowest BCUT2D eigenvalue weighted by Crippen LogP contribution is -2.61. The van der Waals surface area contributed by atoms with E-state index in [0.717, 1.165) is 31.8 Å². The standard InChI is InChI=1S/C6H11NO.C4H9NO.C2H6/c1-7-5-2-6(7)4-8-3-5;1-3-5-4(2)6;1-2/h5-6H,2-4H2,1H3;3H2,1-2H3,(H,5,6);1-2H3. The Balaban J connectivity index is 0.000000254. The van der Waals surface area contributed by atoms with E-state index in [1.807, 2.05) is 20.8 Å². The summed E-state index contributed by atoms with van der Waals surface area (Å²) in [6, 6.07) is 1.52. The third-order valence-electron chi connectivity index (χ3n) is 2.74. The van der Waals surface area contributed by atoms with Crippen molar-refractivity contribution >= 4 is 5.91 Å². The summed E-state index contributed by atoms with van der Waals surface area (Å²) < 4.78 is 5.26. The summed E-state index contributed by atoms with van der Waals surface area (Å²) in [5.41, 5.74) is 0. The minimum absolute atomic E-state index is 0.0394. The highest BCUT2D eigenvalue weighted by Gasteiger charge is 2.39. The Morgan fingerprint density at radius 1 is 1.38 bits per heavy atom. The first kappa shape index (κ1) is 15.4. The number of rotatable bonds is 1. The third kappa shape index (κ3) is 4.94. The number of likely N-dealkylation sites (N-methyl/N-ethyl adjacent to an activating group) is 1. The number of ether oxygens (including phenoxy) is 1. The Morgan fingerprint density at radius 2 is 1.88 bits per heavy atom. The van der Waals surface area contributed by atoms with E-state index in [1.165, 1.54) is 13.3 Å². The Bertz CT molecular complexity index is 183. The highest BCUT2D eigenvalue weighted by atomic mass is 16.5. The van der Waals surface area contributed by atoms with Crippen LogP contribution >= 0.6 is 0 Å². The molecule has 3 aliphatic rings. The summed E-state index contributed by atoms with van der Waals surface area (Å²) in [5.74, 6) is 0.0394. The monoisotopic (exact) mass is 230 g/mol. The third-order valence-corrected chi connectivity index (χ3v) is 2.74. The minimum atomic E-state index is 0.0394. The highest BCUT2D eigenvalue weighted by molar-refractivity contribution is 5.72. The van der Waals surface area contributed by atoms with Crippen molar-refractivity contribution in [2.45, 2.75) is 46.2 Å². The summed E-state index contributed by atoms with van der Waals surface area (Å²) in [4.78, 5) is 12.3. The zero-order chi connectivity index (χ0) is 12.6. The molecule has 2 atom stereocenters. The second-order valence-corrected chi connectivity index (χ2v) is 3.83. The van der Waals surface area contributed by atoms with Gasteiger partial charge >= 0.3 is 0 Å². The molecule has 0 spiro atoms. The van der Waals surface area contributed by atoms with E-state index in [0.29, 0.717) is 0 Å². The van der Waals surface area contributed by atoms with Crippen LogP contribution in [0.5, 0.6) is 0 Å². The van der Waals surface area contributed by atoms with E-state index >= 15 is 0 Å². The predicted molar refractivity (Wildman–Crippen MR) is 66.5 cm³/mol. The van der Waals surface area contributed by atoms with Crippen LogP contribution in [0.25, 0.3) is 0 Å². The maximum absolute atomic E-state index is 9.93. The molecule has 3 heterocycles. The van der Waals surface area contributed by atoms with Crippen LogP contribution in [0.1, 0.15) is 34.1 Å². The zero-order valence-electron chi connectivity index (χ0n) is 11.2. The molecule has 4 heteroatoms. The molecule has 3 fully saturated rings. The maximum Gasteiger partial charge on any atom is 0.216 e. The number of morpholine rings is 1. The lowest BCUT2D eigenvalue weighted by molar-refractivity contribution is -0.118. The Kier molecular flexibility index (Phi) is 8.21. The average Bonchev–Trinajstić information content (AvgIpc) is 2.32. The van der Waals surface area contributed by atoms with Crippen molar-refractivity contribution in [3.8, 4) is 0 Å². The molecule has 3 aliphatic heterocycles. The van der Waals surface area contributed by atoms with Gasteiger partial charge in [0.1, 0.15) is 0 Å². The van der Waals surface area contributed by atoms with Crippen molar-refractivity contribution < 1.29 is 9.53 Å². The van der Waals surface area contributed by atoms with E-state index in [9.17, 15) is 4.79 Å². The van der Waals surface area contributed by atoms with Crippen LogP contribution in [-0.4, -0.2) is 49.7 Å². The topological polar surface area (TPSA) is 41.6 Å². The predicted octanol–water partition coefficient (Wildman–Crippen LogP) is 1.26. The van der Waals surface area contributed by atoms with Gasteiger partial charge in [-0.25, -0.2) is 0 Å². The second-order valence-electron chi connectivity index (χ2n) is 3.83. The fourth-order valence-electron chi connectivity index (χ4n) is 1.77. The van der Waals surface area contributed by atoms with Crippen LogP contribution in [-0.2, 0) is 9.53 Å². The van der Waals surface area contributed by atoms with Gasteiger partial charge in [-0.15, -0.1) is 0 Å². The molecular weight excluding hydrogens is 204 g/mol. The highest BCUT2D eigenvalue weighted by Crippen LogP contribution is 2.27. The van der Waals surface area contributed by atoms with Gasteiger partial charge in [0.05, 0.1) is 13.2 Å². The van der Waals surface area contributed by atoms with Gasteiger partial charge in [-0.3, -0.25) is 9.69 Å². The number of carbonyl (C=O) groups is 1. The van der Waals surface area contributed by atoms with Crippen LogP contribution in [0.3, 0.4) is 0 Å². The van der Waals surface area contributed by atoms with Gasteiger partial charge < -0.3 is 10.1 Å². The van der Waals surface area contributed by atoms with Crippen molar-refractivity contribution in [1.29, 1.82) is 0 Å². The molecule has 2 unspecified atom stereocenters. The van der Waals surface area contributed by atoms with Gasteiger partial charge in [-0.2, -0.15) is 0 Å². The second kappa shape index (κ2) is 8.53. The first-order chi connectivity index (χ1) is 7.65. The largest absolute Gasteiger partial charge is 0.378 e. The van der Waals surface area contributed by atoms with Gasteiger partial charge in [0.25, 0.3) is 0 Å². The SMILES string of the molecule is CC.CCNC(C)=O.CN1C2COCC1C2. The minimum Gasteiger partial charge on any atom is -0.378 e. The first-order valence-electron chi connectivity index (χ1n) is 6.19. The smallest absolute Gasteiger partial charge is 0.216 e. The molecular formula is C12H26N2O2. The van der Waals surface area contributed by atoms with Crippen LogP contribution in [0.15, 0.2) is 0 Å². The van der Waals surface area contributed by atoms with Crippen molar-refractivity contribution in [3.63, 3.8) is 0 Å². The van der Waals surface area contributed by atoms with E-state index in [1.54, 1.807) is 0 Å². The fraction of sp³-hybridized carbons (Fsp3) is 0.917. The van der Waals surface area contributed by atoms with Crippen LogP contribution in [0.4, 0.5) is 0 Å². The lowest BCUT2D eigenvalue weighted by Gasteiger charge is -2.50.